The monoisotopic (exact) mass is 317 g/mol. The standard InChI is InChI=1S/C17H19NO3S/c1-13-8-9-16(14(2)10-13)22-18(17(20)11-19)21-12-15-6-4-3-5-7-15/h3-10,19H,11-12H2,1-2H3. The van der Waals surface area contributed by atoms with E-state index in [2.05, 4.69) is 0 Å². The van der Waals surface area contributed by atoms with Crippen LogP contribution in [0.25, 0.3) is 0 Å². The molecule has 0 aliphatic rings. The number of carbonyl (C=O) groups excluding carboxylic acids is 1. The Morgan fingerprint density at radius 1 is 1.18 bits per heavy atom. The Hall–Kier alpha value is -1.82. The van der Waals surface area contributed by atoms with Gasteiger partial charge in [0.25, 0.3) is 5.91 Å². The summed E-state index contributed by atoms with van der Waals surface area (Å²) in [6, 6.07) is 15.5. The fourth-order valence-electron chi connectivity index (χ4n) is 1.91. The number of nitrogens with zero attached hydrogens (tertiary/aromatic N) is 1. The van der Waals surface area contributed by atoms with Gasteiger partial charge in [-0.25, -0.2) is 0 Å². The Balaban J connectivity index is 2.07. The van der Waals surface area contributed by atoms with Crippen LogP contribution in [0.5, 0.6) is 0 Å². The van der Waals surface area contributed by atoms with Gasteiger partial charge in [0.15, 0.2) is 0 Å². The van der Waals surface area contributed by atoms with Crippen molar-refractivity contribution >= 4 is 17.9 Å². The van der Waals surface area contributed by atoms with Gasteiger partial charge in [-0.2, -0.15) is 4.47 Å². The van der Waals surface area contributed by atoms with Crippen molar-refractivity contribution in [2.75, 3.05) is 6.61 Å². The number of hydroxylamine groups is 1. The van der Waals surface area contributed by atoms with E-state index >= 15 is 0 Å². The number of hydrogen-bond donors (Lipinski definition) is 1. The second-order valence-corrected chi connectivity index (χ2v) is 5.88. The summed E-state index contributed by atoms with van der Waals surface area (Å²) in [4.78, 5) is 18.3. The lowest BCUT2D eigenvalue weighted by atomic mass is 10.2. The summed E-state index contributed by atoms with van der Waals surface area (Å²) in [5, 5.41) is 9.11. The molecule has 2 rings (SSSR count). The third kappa shape index (κ3) is 4.59. The normalized spacial score (nSPS) is 10.5. The van der Waals surface area contributed by atoms with Crippen LogP contribution in [0.1, 0.15) is 16.7 Å². The Bertz CT molecular complexity index is 631. The van der Waals surface area contributed by atoms with Crippen molar-refractivity contribution in [3.8, 4) is 0 Å². The zero-order chi connectivity index (χ0) is 15.9. The highest BCUT2D eigenvalue weighted by Gasteiger charge is 2.17. The van der Waals surface area contributed by atoms with Crippen molar-refractivity contribution in [1.82, 2.24) is 4.47 Å². The van der Waals surface area contributed by atoms with Crippen LogP contribution in [0, 0.1) is 13.8 Å². The molecule has 0 heterocycles. The second kappa shape index (κ2) is 7.98. The zero-order valence-corrected chi connectivity index (χ0v) is 13.5. The van der Waals surface area contributed by atoms with E-state index in [4.69, 9.17) is 9.94 Å². The molecule has 1 amide bonds. The van der Waals surface area contributed by atoms with Crippen LogP contribution >= 0.6 is 11.9 Å². The first-order chi connectivity index (χ1) is 10.6. The number of rotatable bonds is 6. The van der Waals surface area contributed by atoms with Gasteiger partial charge in [-0.15, -0.1) is 0 Å². The van der Waals surface area contributed by atoms with Gasteiger partial charge >= 0.3 is 0 Å². The van der Waals surface area contributed by atoms with Crippen molar-refractivity contribution in [3.05, 3.63) is 65.2 Å². The third-order valence-electron chi connectivity index (χ3n) is 3.04. The average Bonchev–Trinajstić information content (AvgIpc) is 2.53. The van der Waals surface area contributed by atoms with E-state index < -0.39 is 12.5 Å². The maximum Gasteiger partial charge on any atom is 0.282 e. The molecule has 0 spiro atoms. The number of amides is 1. The van der Waals surface area contributed by atoms with Gasteiger partial charge in [-0.05, 0) is 31.0 Å². The van der Waals surface area contributed by atoms with Crippen molar-refractivity contribution in [1.29, 1.82) is 0 Å². The van der Waals surface area contributed by atoms with Crippen LogP contribution in [0.4, 0.5) is 0 Å². The highest BCUT2D eigenvalue weighted by Crippen LogP contribution is 2.27. The summed E-state index contributed by atoms with van der Waals surface area (Å²) < 4.78 is 1.14. The minimum atomic E-state index is -0.591. The molecule has 0 aromatic heterocycles. The number of carbonyl (C=O) groups is 1. The van der Waals surface area contributed by atoms with Crippen LogP contribution in [0.15, 0.2) is 53.4 Å². The first kappa shape index (κ1) is 16.5. The molecule has 4 nitrogen and oxygen atoms in total. The van der Waals surface area contributed by atoms with Gasteiger partial charge in [-0.3, -0.25) is 9.63 Å². The van der Waals surface area contributed by atoms with Crippen LogP contribution in [-0.2, 0) is 16.2 Å². The zero-order valence-electron chi connectivity index (χ0n) is 12.7. The number of aliphatic hydroxyl groups excluding tert-OH is 1. The maximum atomic E-state index is 11.8. The van der Waals surface area contributed by atoms with Gasteiger partial charge < -0.3 is 5.11 Å². The minimum Gasteiger partial charge on any atom is -0.386 e. The molecular weight excluding hydrogens is 298 g/mol. The molecule has 2 aromatic rings. The van der Waals surface area contributed by atoms with Crippen molar-refractivity contribution in [2.24, 2.45) is 0 Å². The van der Waals surface area contributed by atoms with E-state index in [1.807, 2.05) is 62.4 Å². The van der Waals surface area contributed by atoms with E-state index in [0.717, 1.165) is 26.1 Å². The first-order valence-electron chi connectivity index (χ1n) is 6.96. The molecule has 0 atom stereocenters. The minimum absolute atomic E-state index is 0.268. The lowest BCUT2D eigenvalue weighted by Crippen LogP contribution is -2.27. The van der Waals surface area contributed by atoms with E-state index in [-0.39, 0.29) is 6.61 Å². The van der Waals surface area contributed by atoms with Crippen LogP contribution < -0.4 is 0 Å². The molecular formula is C17H19NO3S. The molecule has 0 aliphatic heterocycles. The Kier molecular flexibility index (Phi) is 6.00. The molecule has 116 valence electrons. The highest BCUT2D eigenvalue weighted by molar-refractivity contribution is 7.97. The van der Waals surface area contributed by atoms with Gasteiger partial charge in [-0.1, -0.05) is 48.0 Å². The highest BCUT2D eigenvalue weighted by atomic mass is 32.2. The summed E-state index contributed by atoms with van der Waals surface area (Å²) in [6.07, 6.45) is 0. The van der Waals surface area contributed by atoms with Gasteiger partial charge in [0.05, 0.1) is 0 Å². The number of aryl methyl sites for hydroxylation is 2. The molecule has 1 N–H and O–H groups in total. The molecule has 0 aliphatic carbocycles. The Morgan fingerprint density at radius 3 is 2.55 bits per heavy atom. The van der Waals surface area contributed by atoms with Gasteiger partial charge in [0.1, 0.15) is 13.2 Å². The lowest BCUT2D eigenvalue weighted by Gasteiger charge is -2.20. The second-order valence-electron chi connectivity index (χ2n) is 4.93. The van der Waals surface area contributed by atoms with E-state index in [1.54, 1.807) is 0 Å². The van der Waals surface area contributed by atoms with Gasteiger partial charge in [0.2, 0.25) is 0 Å². The SMILES string of the molecule is Cc1ccc(SN(OCc2ccccc2)C(=O)CO)c(C)c1. The fourth-order valence-corrected chi connectivity index (χ4v) is 2.68. The predicted octanol–water partition coefficient (Wildman–Crippen LogP) is 3.26. The molecule has 0 bridgehead atoms. The third-order valence-corrected chi connectivity index (χ3v) is 4.17. The molecule has 2 aromatic carbocycles. The van der Waals surface area contributed by atoms with E-state index in [1.165, 1.54) is 11.9 Å². The van der Waals surface area contributed by atoms with Crippen LogP contribution in [-0.4, -0.2) is 22.1 Å². The summed E-state index contributed by atoms with van der Waals surface area (Å²) in [7, 11) is 0. The molecule has 5 heteroatoms. The smallest absolute Gasteiger partial charge is 0.282 e. The van der Waals surface area contributed by atoms with Crippen LogP contribution in [0.3, 0.4) is 0 Å². The Labute approximate surface area is 134 Å². The maximum absolute atomic E-state index is 11.8. The predicted molar refractivity (Wildman–Crippen MR) is 86.9 cm³/mol. The van der Waals surface area contributed by atoms with Crippen molar-refractivity contribution < 1.29 is 14.7 Å². The lowest BCUT2D eigenvalue weighted by molar-refractivity contribution is -0.161. The molecule has 0 radical (unpaired) electrons. The summed E-state index contributed by atoms with van der Waals surface area (Å²) >= 11 is 1.18. The summed E-state index contributed by atoms with van der Waals surface area (Å²) in [5.41, 5.74) is 3.18. The first-order valence-corrected chi connectivity index (χ1v) is 7.73. The molecule has 0 saturated heterocycles. The molecule has 0 unspecified atom stereocenters. The topological polar surface area (TPSA) is 49.8 Å². The molecule has 0 fully saturated rings. The average molecular weight is 317 g/mol. The Morgan fingerprint density at radius 2 is 1.91 bits per heavy atom. The van der Waals surface area contributed by atoms with Gasteiger partial charge in [0, 0.05) is 16.8 Å². The largest absolute Gasteiger partial charge is 0.386 e. The summed E-state index contributed by atoms with van der Waals surface area (Å²) in [5.74, 6) is -0.485. The van der Waals surface area contributed by atoms with Crippen molar-refractivity contribution in [3.63, 3.8) is 0 Å². The summed E-state index contributed by atoms with van der Waals surface area (Å²) in [6.45, 7) is 3.68. The molecule has 0 saturated carbocycles. The molecule has 22 heavy (non-hydrogen) atoms. The number of benzene rings is 2. The van der Waals surface area contributed by atoms with E-state index in [0.29, 0.717) is 0 Å². The quantitative estimate of drug-likeness (QED) is 0.656. The van der Waals surface area contributed by atoms with Crippen LogP contribution in [0.2, 0.25) is 0 Å². The van der Waals surface area contributed by atoms with Crippen molar-refractivity contribution in [2.45, 2.75) is 25.3 Å². The number of hydrogen-bond acceptors (Lipinski definition) is 4. The van der Waals surface area contributed by atoms with E-state index in [9.17, 15) is 4.79 Å². The fraction of sp³-hybridized carbons (Fsp3) is 0.235. The number of aliphatic hydroxyl groups is 1.